The summed E-state index contributed by atoms with van der Waals surface area (Å²) in [7, 11) is 1.54. The maximum Gasteiger partial charge on any atom is 0.180 e. The minimum absolute atomic E-state index is 0.0137. The van der Waals surface area contributed by atoms with Gasteiger partial charge in [0.15, 0.2) is 5.78 Å². The Bertz CT molecular complexity index is 321. The molecule has 0 unspecified atom stereocenters. The number of hydrogen-bond donors (Lipinski definition) is 1. The van der Waals surface area contributed by atoms with Gasteiger partial charge in [0.1, 0.15) is 5.75 Å². The molecule has 0 amide bonds. The van der Waals surface area contributed by atoms with E-state index in [1.165, 1.54) is 7.11 Å². The van der Waals surface area contributed by atoms with Crippen molar-refractivity contribution in [3.05, 3.63) is 29.3 Å². The third-order valence-corrected chi connectivity index (χ3v) is 1.84. The highest BCUT2D eigenvalue weighted by atomic mass is 16.5. The molecule has 0 fully saturated rings. The molecule has 70 valence electrons. The van der Waals surface area contributed by atoms with Gasteiger partial charge in [-0.15, -0.1) is 0 Å². The smallest absolute Gasteiger partial charge is 0.180 e. The fraction of sp³-hybridized carbons (Fsp3) is 0.300. The summed E-state index contributed by atoms with van der Waals surface area (Å²) in [5.41, 5.74) is 6.86. The van der Waals surface area contributed by atoms with E-state index < -0.39 is 0 Å². The van der Waals surface area contributed by atoms with Crippen LogP contribution in [0.1, 0.15) is 15.9 Å². The van der Waals surface area contributed by atoms with Gasteiger partial charge in [-0.25, -0.2) is 0 Å². The van der Waals surface area contributed by atoms with Crippen LogP contribution in [0, 0.1) is 6.92 Å². The average molecular weight is 179 g/mol. The molecule has 2 N–H and O–H groups in total. The summed E-state index contributed by atoms with van der Waals surface area (Å²) < 4.78 is 5.05. The summed E-state index contributed by atoms with van der Waals surface area (Å²) in [6, 6.07) is 5.46. The topological polar surface area (TPSA) is 52.3 Å². The molecule has 0 aliphatic heterocycles. The van der Waals surface area contributed by atoms with Crippen LogP contribution in [-0.2, 0) is 0 Å². The van der Waals surface area contributed by atoms with Crippen molar-refractivity contribution in [3.63, 3.8) is 0 Å². The van der Waals surface area contributed by atoms with Crippen LogP contribution in [0.4, 0.5) is 0 Å². The fourth-order valence-corrected chi connectivity index (χ4v) is 1.15. The predicted octanol–water partition coefficient (Wildman–Crippen LogP) is 1.15. The van der Waals surface area contributed by atoms with E-state index in [0.717, 1.165) is 5.56 Å². The van der Waals surface area contributed by atoms with Crippen molar-refractivity contribution in [1.29, 1.82) is 0 Å². The zero-order valence-corrected chi connectivity index (χ0v) is 7.83. The van der Waals surface area contributed by atoms with Crippen molar-refractivity contribution >= 4 is 5.78 Å². The van der Waals surface area contributed by atoms with Crippen LogP contribution in [-0.4, -0.2) is 19.4 Å². The maximum atomic E-state index is 11.3. The lowest BCUT2D eigenvalue weighted by Gasteiger charge is -2.06. The van der Waals surface area contributed by atoms with Gasteiger partial charge in [-0.3, -0.25) is 4.79 Å². The number of benzene rings is 1. The van der Waals surface area contributed by atoms with Crippen LogP contribution in [0.2, 0.25) is 0 Å². The quantitative estimate of drug-likeness (QED) is 0.708. The number of ether oxygens (including phenoxy) is 1. The molecule has 0 heterocycles. The standard InChI is InChI=1S/C10H13NO2/c1-7-3-4-10(13-2)8(5-7)9(12)6-11/h3-5H,6,11H2,1-2H3. The monoisotopic (exact) mass is 179 g/mol. The van der Waals surface area contributed by atoms with Crippen LogP contribution in [0.3, 0.4) is 0 Å². The first-order valence-corrected chi connectivity index (χ1v) is 4.07. The normalized spacial score (nSPS) is 9.77. The zero-order chi connectivity index (χ0) is 9.84. The Balaban J connectivity index is 3.15. The lowest BCUT2D eigenvalue weighted by atomic mass is 10.1. The second kappa shape index (κ2) is 4.05. The lowest BCUT2D eigenvalue weighted by molar-refractivity contribution is 0.0998. The first kappa shape index (κ1) is 9.74. The highest BCUT2D eigenvalue weighted by Crippen LogP contribution is 2.19. The minimum atomic E-state index is -0.0967. The van der Waals surface area contributed by atoms with Gasteiger partial charge in [0.2, 0.25) is 0 Å². The Labute approximate surface area is 77.5 Å². The SMILES string of the molecule is COc1ccc(C)cc1C(=O)CN. The number of carbonyl (C=O) groups excluding carboxylic acids is 1. The average Bonchev–Trinajstić information content (AvgIpc) is 2.16. The van der Waals surface area contributed by atoms with E-state index in [0.29, 0.717) is 11.3 Å². The number of hydrogen-bond acceptors (Lipinski definition) is 3. The van der Waals surface area contributed by atoms with Crippen molar-refractivity contribution in [2.24, 2.45) is 5.73 Å². The predicted molar refractivity (Wildman–Crippen MR) is 51.1 cm³/mol. The van der Waals surface area contributed by atoms with Gasteiger partial charge in [0, 0.05) is 0 Å². The summed E-state index contributed by atoms with van der Waals surface area (Å²) >= 11 is 0. The van der Waals surface area contributed by atoms with Crippen LogP contribution in [0.5, 0.6) is 5.75 Å². The number of aryl methyl sites for hydroxylation is 1. The van der Waals surface area contributed by atoms with Crippen LogP contribution < -0.4 is 10.5 Å². The highest BCUT2D eigenvalue weighted by Gasteiger charge is 2.09. The van der Waals surface area contributed by atoms with Gasteiger partial charge in [0.05, 0.1) is 19.2 Å². The van der Waals surface area contributed by atoms with E-state index in [2.05, 4.69) is 0 Å². The third-order valence-electron chi connectivity index (χ3n) is 1.84. The molecule has 1 aromatic carbocycles. The molecule has 0 aliphatic rings. The Morgan fingerprint density at radius 3 is 2.77 bits per heavy atom. The molecule has 3 nitrogen and oxygen atoms in total. The fourth-order valence-electron chi connectivity index (χ4n) is 1.15. The largest absolute Gasteiger partial charge is 0.496 e. The molecule has 0 spiro atoms. The van der Waals surface area contributed by atoms with Gasteiger partial charge in [-0.2, -0.15) is 0 Å². The van der Waals surface area contributed by atoms with E-state index in [1.807, 2.05) is 13.0 Å². The minimum Gasteiger partial charge on any atom is -0.496 e. The van der Waals surface area contributed by atoms with Gasteiger partial charge in [0.25, 0.3) is 0 Å². The maximum absolute atomic E-state index is 11.3. The van der Waals surface area contributed by atoms with Gasteiger partial charge in [-0.1, -0.05) is 11.6 Å². The third kappa shape index (κ3) is 2.06. The molecule has 0 aliphatic carbocycles. The number of carbonyl (C=O) groups is 1. The van der Waals surface area contributed by atoms with Crippen molar-refractivity contribution < 1.29 is 9.53 Å². The molecule has 13 heavy (non-hydrogen) atoms. The molecule has 0 saturated heterocycles. The summed E-state index contributed by atoms with van der Waals surface area (Å²) in [4.78, 5) is 11.3. The van der Waals surface area contributed by atoms with E-state index in [1.54, 1.807) is 12.1 Å². The summed E-state index contributed by atoms with van der Waals surface area (Å²) in [6.45, 7) is 1.94. The number of nitrogens with two attached hydrogens (primary N) is 1. The van der Waals surface area contributed by atoms with Crippen molar-refractivity contribution in [3.8, 4) is 5.75 Å². The number of rotatable bonds is 3. The second-order valence-electron chi connectivity index (χ2n) is 2.83. The Kier molecular flexibility index (Phi) is 3.03. The van der Waals surface area contributed by atoms with E-state index in [4.69, 9.17) is 10.5 Å². The molecule has 0 aromatic heterocycles. The molecule has 1 aromatic rings. The molecule has 0 atom stereocenters. The highest BCUT2D eigenvalue weighted by molar-refractivity contribution is 6.00. The van der Waals surface area contributed by atoms with E-state index in [9.17, 15) is 4.79 Å². The van der Waals surface area contributed by atoms with Crippen LogP contribution in [0.25, 0.3) is 0 Å². The molecule has 1 rings (SSSR count). The lowest BCUT2D eigenvalue weighted by Crippen LogP contribution is -2.14. The zero-order valence-electron chi connectivity index (χ0n) is 7.83. The number of ketones is 1. The van der Waals surface area contributed by atoms with Crippen molar-refractivity contribution in [2.45, 2.75) is 6.92 Å². The molecule has 0 saturated carbocycles. The van der Waals surface area contributed by atoms with Gasteiger partial charge < -0.3 is 10.5 Å². The molecule has 0 bridgehead atoms. The summed E-state index contributed by atoms with van der Waals surface area (Å²) in [6.07, 6.45) is 0. The molecular formula is C10H13NO2. The number of methoxy groups -OCH3 is 1. The van der Waals surface area contributed by atoms with Gasteiger partial charge >= 0.3 is 0 Å². The van der Waals surface area contributed by atoms with Gasteiger partial charge in [-0.05, 0) is 19.1 Å². The molecular weight excluding hydrogens is 166 g/mol. The molecule has 0 radical (unpaired) electrons. The number of Topliss-reactive ketones (excluding diaryl/α,β-unsaturated/α-hetero) is 1. The summed E-state index contributed by atoms with van der Waals surface area (Å²) in [5.74, 6) is 0.488. The Hall–Kier alpha value is -1.35. The van der Waals surface area contributed by atoms with E-state index in [-0.39, 0.29) is 12.3 Å². The van der Waals surface area contributed by atoms with Crippen molar-refractivity contribution in [2.75, 3.05) is 13.7 Å². The van der Waals surface area contributed by atoms with Crippen LogP contribution in [0.15, 0.2) is 18.2 Å². The molecule has 3 heteroatoms. The first-order valence-electron chi connectivity index (χ1n) is 4.07. The Morgan fingerprint density at radius 1 is 1.54 bits per heavy atom. The van der Waals surface area contributed by atoms with E-state index >= 15 is 0 Å². The first-order chi connectivity index (χ1) is 6.19. The Morgan fingerprint density at radius 2 is 2.23 bits per heavy atom. The van der Waals surface area contributed by atoms with Crippen LogP contribution >= 0.6 is 0 Å². The summed E-state index contributed by atoms with van der Waals surface area (Å²) in [5, 5.41) is 0. The van der Waals surface area contributed by atoms with Crippen molar-refractivity contribution in [1.82, 2.24) is 0 Å². The second-order valence-corrected chi connectivity index (χ2v) is 2.83.